The summed E-state index contributed by atoms with van der Waals surface area (Å²) in [6.45, 7) is 0.607. The van der Waals surface area contributed by atoms with E-state index in [1.807, 2.05) is 6.20 Å². The van der Waals surface area contributed by atoms with Gasteiger partial charge < -0.3 is 10.6 Å². The molecule has 2 aliphatic rings. The van der Waals surface area contributed by atoms with E-state index in [2.05, 4.69) is 15.6 Å². The lowest BCUT2D eigenvalue weighted by Gasteiger charge is -2.39. The molecule has 3 unspecified atom stereocenters. The number of rotatable bonds is 3. The van der Waals surface area contributed by atoms with Gasteiger partial charge in [0, 0.05) is 17.1 Å². The fraction of sp³-hybridized carbons (Fsp3) is 0.714. The quantitative estimate of drug-likeness (QED) is 0.890. The summed E-state index contributed by atoms with van der Waals surface area (Å²) in [7, 11) is 0. The molecule has 0 bridgehead atoms. The topological polar surface area (TPSA) is 54.0 Å². The number of hydrogen-bond donors (Lipinski definition) is 2. The number of aromatic nitrogens is 1. The van der Waals surface area contributed by atoms with Crippen LogP contribution in [0.2, 0.25) is 0 Å². The first-order chi connectivity index (χ1) is 9.33. The second-order valence-electron chi connectivity index (χ2n) is 5.63. The third-order valence-corrected chi connectivity index (χ3v) is 5.17. The fourth-order valence-corrected chi connectivity index (χ4v) is 3.86. The highest BCUT2D eigenvalue weighted by molar-refractivity contribution is 7.09. The van der Waals surface area contributed by atoms with Crippen molar-refractivity contribution in [2.24, 2.45) is 5.92 Å². The van der Waals surface area contributed by atoms with E-state index in [0.717, 1.165) is 17.2 Å². The number of piperidine rings is 1. The molecular formula is C14H21N3OS. The van der Waals surface area contributed by atoms with Crippen LogP contribution in [0.1, 0.15) is 43.4 Å². The smallest absolute Gasteiger partial charge is 0.237 e. The number of amides is 1. The monoisotopic (exact) mass is 279 g/mol. The molecule has 1 saturated heterocycles. The number of carbonyl (C=O) groups is 1. The summed E-state index contributed by atoms with van der Waals surface area (Å²) in [6, 6.07) is 0.578. The minimum absolute atomic E-state index is 0.00673. The lowest BCUT2D eigenvalue weighted by atomic mass is 9.77. The molecule has 2 heterocycles. The number of fused-ring (bicyclic) bond motifs is 1. The van der Waals surface area contributed by atoms with Crippen LogP contribution >= 0.6 is 11.3 Å². The van der Waals surface area contributed by atoms with Gasteiger partial charge in [0.2, 0.25) is 5.91 Å². The Morgan fingerprint density at radius 3 is 3.11 bits per heavy atom. The zero-order chi connectivity index (χ0) is 13.1. The number of nitrogens with zero attached hydrogens (tertiary/aromatic N) is 1. The molecule has 104 valence electrons. The van der Waals surface area contributed by atoms with Crippen molar-refractivity contribution in [3.8, 4) is 0 Å². The number of thiazole rings is 1. The maximum Gasteiger partial charge on any atom is 0.237 e. The van der Waals surface area contributed by atoms with Gasteiger partial charge in [-0.1, -0.05) is 12.8 Å². The van der Waals surface area contributed by atoms with Crippen LogP contribution in [0.15, 0.2) is 11.7 Å². The predicted octanol–water partition coefficient (Wildman–Crippen LogP) is 2.07. The van der Waals surface area contributed by atoms with Crippen LogP contribution in [0.25, 0.3) is 0 Å². The molecule has 1 aliphatic heterocycles. The summed E-state index contributed by atoms with van der Waals surface area (Å²) in [6.07, 6.45) is 9.26. The second-order valence-corrected chi connectivity index (χ2v) is 6.60. The van der Waals surface area contributed by atoms with Crippen molar-refractivity contribution < 1.29 is 4.79 Å². The molecule has 1 aromatic heterocycles. The van der Waals surface area contributed by atoms with Crippen LogP contribution in [-0.2, 0) is 11.3 Å². The highest BCUT2D eigenvalue weighted by atomic mass is 32.1. The maximum absolute atomic E-state index is 12.2. The Kier molecular flexibility index (Phi) is 4.13. The Balaban J connectivity index is 1.50. The first-order valence-electron chi connectivity index (χ1n) is 7.24. The zero-order valence-electron chi connectivity index (χ0n) is 11.1. The molecule has 0 radical (unpaired) electrons. The van der Waals surface area contributed by atoms with E-state index >= 15 is 0 Å². The minimum atomic E-state index is 0.00673. The Morgan fingerprint density at radius 2 is 2.26 bits per heavy atom. The highest BCUT2D eigenvalue weighted by Crippen LogP contribution is 2.32. The zero-order valence-corrected chi connectivity index (χ0v) is 11.9. The molecule has 3 rings (SSSR count). The molecule has 4 nitrogen and oxygen atoms in total. The summed E-state index contributed by atoms with van der Waals surface area (Å²) in [5, 5.41) is 6.58. The highest BCUT2D eigenvalue weighted by Gasteiger charge is 2.34. The van der Waals surface area contributed by atoms with E-state index < -0.39 is 0 Å². The van der Waals surface area contributed by atoms with E-state index in [1.54, 1.807) is 16.8 Å². The van der Waals surface area contributed by atoms with Crippen molar-refractivity contribution in [3.05, 3.63) is 16.6 Å². The normalized spacial score (nSPS) is 30.6. The molecule has 1 amide bonds. The maximum atomic E-state index is 12.2. The lowest BCUT2D eigenvalue weighted by molar-refractivity contribution is -0.124. The molecule has 19 heavy (non-hydrogen) atoms. The summed E-state index contributed by atoms with van der Waals surface area (Å²) in [4.78, 5) is 17.3. The van der Waals surface area contributed by atoms with E-state index in [1.165, 1.54) is 32.1 Å². The predicted molar refractivity (Wildman–Crippen MR) is 75.9 cm³/mol. The van der Waals surface area contributed by atoms with E-state index in [0.29, 0.717) is 12.6 Å². The molecule has 1 aromatic rings. The first kappa shape index (κ1) is 13.1. The lowest BCUT2D eigenvalue weighted by Crippen LogP contribution is -2.54. The van der Waals surface area contributed by atoms with Gasteiger partial charge in [-0.2, -0.15) is 0 Å². The van der Waals surface area contributed by atoms with E-state index in [-0.39, 0.29) is 11.9 Å². The Hall–Kier alpha value is -0.940. The Morgan fingerprint density at radius 1 is 1.37 bits per heavy atom. The average molecular weight is 279 g/mol. The van der Waals surface area contributed by atoms with Crippen molar-refractivity contribution in [2.45, 2.75) is 57.2 Å². The summed E-state index contributed by atoms with van der Waals surface area (Å²) < 4.78 is 0. The van der Waals surface area contributed by atoms with Gasteiger partial charge in [0.1, 0.15) is 0 Å². The third kappa shape index (κ3) is 3.15. The average Bonchev–Trinajstić information content (AvgIpc) is 2.97. The number of carbonyl (C=O) groups excluding carboxylic acids is 1. The molecule has 5 heteroatoms. The fourth-order valence-electron chi connectivity index (χ4n) is 3.33. The van der Waals surface area contributed by atoms with E-state index in [9.17, 15) is 4.79 Å². The van der Waals surface area contributed by atoms with Gasteiger partial charge in [-0.25, -0.2) is 0 Å². The van der Waals surface area contributed by atoms with Crippen LogP contribution in [0.4, 0.5) is 0 Å². The van der Waals surface area contributed by atoms with Crippen molar-refractivity contribution in [2.75, 3.05) is 0 Å². The first-order valence-corrected chi connectivity index (χ1v) is 8.12. The number of hydrogen-bond acceptors (Lipinski definition) is 4. The van der Waals surface area contributed by atoms with Gasteiger partial charge in [-0.05, 0) is 31.6 Å². The van der Waals surface area contributed by atoms with Crippen molar-refractivity contribution in [1.29, 1.82) is 0 Å². The SMILES string of the molecule is O=C(NCc1cncs1)C1CCC2CCCCC2N1. The molecule has 0 spiro atoms. The van der Waals surface area contributed by atoms with Crippen molar-refractivity contribution in [3.63, 3.8) is 0 Å². The van der Waals surface area contributed by atoms with Gasteiger partial charge in [-0.15, -0.1) is 11.3 Å². The summed E-state index contributed by atoms with van der Waals surface area (Å²) >= 11 is 1.58. The van der Waals surface area contributed by atoms with Crippen LogP contribution < -0.4 is 10.6 Å². The van der Waals surface area contributed by atoms with Gasteiger partial charge in [0.05, 0.1) is 18.1 Å². The Bertz CT molecular complexity index is 420. The molecule has 1 aliphatic carbocycles. The molecule has 3 atom stereocenters. The molecular weight excluding hydrogens is 258 g/mol. The molecule has 1 saturated carbocycles. The van der Waals surface area contributed by atoms with Crippen molar-refractivity contribution in [1.82, 2.24) is 15.6 Å². The largest absolute Gasteiger partial charge is 0.350 e. The third-order valence-electron chi connectivity index (χ3n) is 4.39. The van der Waals surface area contributed by atoms with Crippen molar-refractivity contribution >= 4 is 17.2 Å². The second kappa shape index (κ2) is 6.01. The molecule has 0 aromatic carbocycles. The van der Waals surface area contributed by atoms with Gasteiger partial charge in [-0.3, -0.25) is 9.78 Å². The standard InChI is InChI=1S/C14H21N3OS/c18-14(16-8-11-7-15-9-19-11)13-6-5-10-3-1-2-4-12(10)17-13/h7,9-10,12-13,17H,1-6,8H2,(H,16,18). The summed E-state index contributed by atoms with van der Waals surface area (Å²) in [5.74, 6) is 0.955. The number of nitrogens with one attached hydrogen (secondary N) is 2. The van der Waals surface area contributed by atoms with E-state index in [4.69, 9.17) is 0 Å². The van der Waals surface area contributed by atoms with Crippen LogP contribution in [0.3, 0.4) is 0 Å². The van der Waals surface area contributed by atoms with Crippen LogP contribution in [0, 0.1) is 5.92 Å². The summed E-state index contributed by atoms with van der Waals surface area (Å²) in [5.41, 5.74) is 1.80. The molecule has 2 fully saturated rings. The van der Waals surface area contributed by atoms with Gasteiger partial charge in [0.15, 0.2) is 0 Å². The van der Waals surface area contributed by atoms with Gasteiger partial charge >= 0.3 is 0 Å². The van der Waals surface area contributed by atoms with Crippen LogP contribution in [0.5, 0.6) is 0 Å². The Labute approximate surface area is 118 Å². The van der Waals surface area contributed by atoms with Crippen LogP contribution in [-0.4, -0.2) is 23.0 Å². The minimum Gasteiger partial charge on any atom is -0.350 e. The molecule has 2 N–H and O–H groups in total. The van der Waals surface area contributed by atoms with Gasteiger partial charge in [0.25, 0.3) is 0 Å².